The van der Waals surface area contributed by atoms with Crippen LogP contribution in [-0.2, 0) is 4.79 Å². The molecule has 96 valence electrons. The fourth-order valence-corrected chi connectivity index (χ4v) is 1.32. The molecule has 2 amide bonds. The maximum absolute atomic E-state index is 11.5. The van der Waals surface area contributed by atoms with E-state index in [4.69, 9.17) is 0 Å². The average Bonchev–Trinajstić information content (AvgIpc) is 2.36. The normalized spacial score (nSPS) is 10.4. The van der Waals surface area contributed by atoms with E-state index in [1.807, 2.05) is 19.1 Å². The summed E-state index contributed by atoms with van der Waals surface area (Å²) in [5, 5.41) is 2.73. The van der Waals surface area contributed by atoms with Gasteiger partial charge in [0.15, 0.2) is 0 Å². The zero-order valence-electron chi connectivity index (χ0n) is 10.9. The third-order valence-electron chi connectivity index (χ3n) is 2.37. The highest BCUT2D eigenvalue weighted by Gasteiger charge is 2.02. The molecule has 1 aromatic rings. The van der Waals surface area contributed by atoms with Crippen molar-refractivity contribution in [1.29, 1.82) is 0 Å². The lowest BCUT2D eigenvalue weighted by Gasteiger charge is -2.05. The van der Waals surface area contributed by atoms with E-state index in [2.05, 4.69) is 5.32 Å². The lowest BCUT2D eigenvalue weighted by molar-refractivity contribution is -0.123. The van der Waals surface area contributed by atoms with Crippen molar-refractivity contribution in [2.45, 2.75) is 6.92 Å². The van der Waals surface area contributed by atoms with Crippen LogP contribution in [-0.4, -0.2) is 37.4 Å². The zero-order chi connectivity index (χ0) is 13.5. The first-order valence-electron chi connectivity index (χ1n) is 5.82. The summed E-state index contributed by atoms with van der Waals surface area (Å²) in [5.41, 5.74) is 1.51. The van der Waals surface area contributed by atoms with Gasteiger partial charge in [0.2, 0.25) is 5.91 Å². The molecule has 0 aromatic heterocycles. The van der Waals surface area contributed by atoms with Gasteiger partial charge < -0.3 is 10.2 Å². The van der Waals surface area contributed by atoms with E-state index in [9.17, 15) is 9.59 Å². The topological polar surface area (TPSA) is 49.4 Å². The highest BCUT2D eigenvalue weighted by Crippen LogP contribution is 2.06. The Labute approximate surface area is 107 Å². The van der Waals surface area contributed by atoms with Crippen LogP contribution in [0.2, 0.25) is 0 Å². The molecule has 0 aliphatic rings. The standard InChI is InChI=1S/C14H18N2O2/c1-4-15-14(18)12-8-5-11(6-9-12)7-10-13(17)16(2)3/h5-10H,4H2,1-3H3,(H,15,18)/b10-7+. The smallest absolute Gasteiger partial charge is 0.251 e. The maximum atomic E-state index is 11.5. The van der Waals surface area contributed by atoms with Gasteiger partial charge in [0.05, 0.1) is 0 Å². The van der Waals surface area contributed by atoms with E-state index < -0.39 is 0 Å². The summed E-state index contributed by atoms with van der Waals surface area (Å²) in [5.74, 6) is -0.153. The van der Waals surface area contributed by atoms with Crippen LogP contribution in [0.15, 0.2) is 30.3 Å². The van der Waals surface area contributed by atoms with Gasteiger partial charge in [-0.3, -0.25) is 9.59 Å². The van der Waals surface area contributed by atoms with Crippen molar-refractivity contribution >= 4 is 17.9 Å². The molecule has 0 saturated carbocycles. The minimum absolute atomic E-state index is 0.0668. The van der Waals surface area contributed by atoms with Crippen LogP contribution in [0.1, 0.15) is 22.8 Å². The monoisotopic (exact) mass is 246 g/mol. The van der Waals surface area contributed by atoms with Crippen LogP contribution in [0.4, 0.5) is 0 Å². The summed E-state index contributed by atoms with van der Waals surface area (Å²) < 4.78 is 0. The van der Waals surface area contributed by atoms with Crippen molar-refractivity contribution in [2.75, 3.05) is 20.6 Å². The Morgan fingerprint density at radius 1 is 1.22 bits per heavy atom. The van der Waals surface area contributed by atoms with Crippen molar-refractivity contribution in [3.8, 4) is 0 Å². The molecule has 1 rings (SSSR count). The molecule has 4 heteroatoms. The molecule has 0 radical (unpaired) electrons. The number of nitrogens with zero attached hydrogens (tertiary/aromatic N) is 1. The first-order valence-corrected chi connectivity index (χ1v) is 5.82. The van der Waals surface area contributed by atoms with Crippen LogP contribution < -0.4 is 5.32 Å². The van der Waals surface area contributed by atoms with Gasteiger partial charge in [-0.1, -0.05) is 12.1 Å². The summed E-state index contributed by atoms with van der Waals surface area (Å²) in [4.78, 5) is 24.4. The van der Waals surface area contributed by atoms with Crippen molar-refractivity contribution in [2.24, 2.45) is 0 Å². The first-order chi connectivity index (χ1) is 8.54. The Kier molecular flexibility index (Phi) is 5.11. The summed E-state index contributed by atoms with van der Waals surface area (Å²) in [6.45, 7) is 2.49. The predicted octanol–water partition coefficient (Wildman–Crippen LogP) is 1.54. The Morgan fingerprint density at radius 3 is 2.33 bits per heavy atom. The molecular weight excluding hydrogens is 228 g/mol. The molecule has 4 nitrogen and oxygen atoms in total. The Hall–Kier alpha value is -2.10. The molecule has 0 spiro atoms. The van der Waals surface area contributed by atoms with Gasteiger partial charge in [-0.2, -0.15) is 0 Å². The number of rotatable bonds is 4. The molecular formula is C14H18N2O2. The number of likely N-dealkylation sites (N-methyl/N-ethyl adjacent to an activating group) is 1. The van der Waals surface area contributed by atoms with Crippen molar-refractivity contribution in [1.82, 2.24) is 10.2 Å². The molecule has 1 aromatic carbocycles. The van der Waals surface area contributed by atoms with Crippen LogP contribution in [0, 0.1) is 0 Å². The van der Waals surface area contributed by atoms with Crippen molar-refractivity contribution in [3.63, 3.8) is 0 Å². The first kappa shape index (κ1) is 14.0. The molecule has 0 heterocycles. The van der Waals surface area contributed by atoms with E-state index in [0.29, 0.717) is 12.1 Å². The van der Waals surface area contributed by atoms with E-state index in [1.54, 1.807) is 32.3 Å². The van der Waals surface area contributed by atoms with E-state index >= 15 is 0 Å². The summed E-state index contributed by atoms with van der Waals surface area (Å²) in [7, 11) is 3.40. The summed E-state index contributed by atoms with van der Waals surface area (Å²) in [6.07, 6.45) is 3.23. The van der Waals surface area contributed by atoms with Crippen molar-refractivity contribution < 1.29 is 9.59 Å². The largest absolute Gasteiger partial charge is 0.352 e. The quantitative estimate of drug-likeness (QED) is 0.819. The van der Waals surface area contributed by atoms with E-state index in [1.165, 1.54) is 11.0 Å². The second kappa shape index (κ2) is 6.59. The number of hydrogen-bond acceptors (Lipinski definition) is 2. The second-order valence-electron chi connectivity index (χ2n) is 4.05. The number of carbonyl (C=O) groups excluding carboxylic acids is 2. The highest BCUT2D eigenvalue weighted by atomic mass is 16.2. The van der Waals surface area contributed by atoms with E-state index in [0.717, 1.165) is 5.56 Å². The fraction of sp³-hybridized carbons (Fsp3) is 0.286. The molecule has 0 aliphatic heterocycles. The van der Waals surface area contributed by atoms with Gasteiger partial charge in [-0.25, -0.2) is 0 Å². The number of nitrogens with one attached hydrogen (secondary N) is 1. The Morgan fingerprint density at radius 2 is 1.83 bits per heavy atom. The molecule has 0 saturated heterocycles. The highest BCUT2D eigenvalue weighted by molar-refractivity contribution is 5.94. The zero-order valence-corrected chi connectivity index (χ0v) is 10.9. The molecule has 18 heavy (non-hydrogen) atoms. The van der Waals surface area contributed by atoms with Gasteiger partial charge in [-0.05, 0) is 30.7 Å². The molecule has 0 aliphatic carbocycles. The lowest BCUT2D eigenvalue weighted by Crippen LogP contribution is -2.22. The van der Waals surface area contributed by atoms with Gasteiger partial charge in [0, 0.05) is 32.3 Å². The SMILES string of the molecule is CCNC(=O)c1ccc(/C=C/C(=O)N(C)C)cc1. The lowest BCUT2D eigenvalue weighted by atomic mass is 10.1. The fourth-order valence-electron chi connectivity index (χ4n) is 1.32. The Balaban J connectivity index is 2.71. The minimum atomic E-state index is -0.0857. The van der Waals surface area contributed by atoms with Crippen LogP contribution >= 0.6 is 0 Å². The Bertz CT molecular complexity index is 447. The number of carbonyl (C=O) groups is 2. The number of hydrogen-bond donors (Lipinski definition) is 1. The minimum Gasteiger partial charge on any atom is -0.352 e. The number of amides is 2. The average molecular weight is 246 g/mol. The van der Waals surface area contributed by atoms with Crippen LogP contribution in [0.5, 0.6) is 0 Å². The number of benzene rings is 1. The predicted molar refractivity (Wildman–Crippen MR) is 72.2 cm³/mol. The van der Waals surface area contributed by atoms with Gasteiger partial charge >= 0.3 is 0 Å². The molecule has 1 N–H and O–H groups in total. The molecule has 0 bridgehead atoms. The summed E-state index contributed by atoms with van der Waals surface area (Å²) >= 11 is 0. The molecule has 0 fully saturated rings. The third kappa shape index (κ3) is 4.05. The molecule has 0 unspecified atom stereocenters. The maximum Gasteiger partial charge on any atom is 0.251 e. The van der Waals surface area contributed by atoms with Crippen LogP contribution in [0.3, 0.4) is 0 Å². The van der Waals surface area contributed by atoms with Gasteiger partial charge in [-0.15, -0.1) is 0 Å². The van der Waals surface area contributed by atoms with Crippen molar-refractivity contribution in [3.05, 3.63) is 41.5 Å². The van der Waals surface area contributed by atoms with Gasteiger partial charge in [0.1, 0.15) is 0 Å². The van der Waals surface area contributed by atoms with E-state index in [-0.39, 0.29) is 11.8 Å². The molecule has 0 atom stereocenters. The van der Waals surface area contributed by atoms with Gasteiger partial charge in [0.25, 0.3) is 5.91 Å². The van der Waals surface area contributed by atoms with Crippen LogP contribution in [0.25, 0.3) is 6.08 Å². The second-order valence-corrected chi connectivity index (χ2v) is 4.05. The summed E-state index contributed by atoms with van der Waals surface area (Å²) in [6, 6.07) is 7.10. The third-order valence-corrected chi connectivity index (χ3v) is 2.37.